The smallest absolute Gasteiger partial charge is 0.328 e. The third-order valence-electron chi connectivity index (χ3n) is 3.62. The Bertz CT molecular complexity index is 779. The Labute approximate surface area is 160 Å². The van der Waals surface area contributed by atoms with Gasteiger partial charge in [0.25, 0.3) is 11.1 Å². The van der Waals surface area contributed by atoms with Crippen molar-refractivity contribution >= 4 is 46.6 Å². The molecule has 0 aliphatic carbocycles. The number of hydrogen-bond acceptors (Lipinski definition) is 7. The number of thioether (sulfide) groups is 1. The van der Waals surface area contributed by atoms with Crippen molar-refractivity contribution in [3.8, 4) is 11.5 Å². The van der Waals surface area contributed by atoms with Crippen LogP contribution in [-0.4, -0.2) is 48.9 Å². The summed E-state index contributed by atoms with van der Waals surface area (Å²) >= 11 is 6.97. The van der Waals surface area contributed by atoms with Gasteiger partial charge in [0.2, 0.25) is 0 Å². The van der Waals surface area contributed by atoms with Crippen molar-refractivity contribution in [1.82, 2.24) is 4.90 Å². The van der Waals surface area contributed by atoms with Crippen LogP contribution in [0, 0.1) is 0 Å². The normalized spacial score (nSPS) is 16.8. The molecule has 0 saturated carbocycles. The molecule has 0 bridgehead atoms. The van der Waals surface area contributed by atoms with Gasteiger partial charge in [0.05, 0.1) is 30.8 Å². The van der Waals surface area contributed by atoms with E-state index in [-0.39, 0.29) is 4.91 Å². The zero-order chi connectivity index (χ0) is 19.4. The van der Waals surface area contributed by atoms with E-state index < -0.39 is 23.2 Å². The zero-order valence-electron chi connectivity index (χ0n) is 14.7. The number of benzene rings is 1. The van der Waals surface area contributed by atoms with Crippen molar-refractivity contribution < 1.29 is 28.6 Å². The molecule has 0 unspecified atom stereocenters. The number of imide groups is 1. The van der Waals surface area contributed by atoms with E-state index >= 15 is 0 Å². The minimum absolute atomic E-state index is 0.153. The average molecular weight is 400 g/mol. The number of esters is 1. The molecule has 0 aromatic heterocycles. The molecule has 140 valence electrons. The second-order valence-corrected chi connectivity index (χ2v) is 6.61. The summed E-state index contributed by atoms with van der Waals surface area (Å²) < 4.78 is 15.3. The Kier molecular flexibility index (Phi) is 6.55. The third-order valence-corrected chi connectivity index (χ3v) is 4.83. The maximum absolute atomic E-state index is 12.5. The molecule has 2 rings (SSSR count). The van der Waals surface area contributed by atoms with E-state index in [1.165, 1.54) is 27.2 Å². The minimum atomic E-state index is -1.01. The number of ether oxygens (including phenoxy) is 3. The molecule has 1 aliphatic rings. The van der Waals surface area contributed by atoms with Crippen molar-refractivity contribution in [2.45, 2.75) is 19.9 Å². The Morgan fingerprint density at radius 1 is 1.31 bits per heavy atom. The number of amides is 2. The van der Waals surface area contributed by atoms with E-state index in [1.54, 1.807) is 12.1 Å². The Morgan fingerprint density at radius 2 is 2.00 bits per heavy atom. The lowest BCUT2D eigenvalue weighted by molar-refractivity contribution is -0.148. The van der Waals surface area contributed by atoms with Crippen molar-refractivity contribution in [2.75, 3.05) is 20.8 Å². The summed E-state index contributed by atoms with van der Waals surface area (Å²) in [6, 6.07) is 2.19. The molecule has 1 fully saturated rings. The molecular formula is C17H18ClNO6S. The van der Waals surface area contributed by atoms with Gasteiger partial charge in [-0.05, 0) is 43.3 Å². The predicted octanol–water partition coefficient (Wildman–Crippen LogP) is 3.35. The fourth-order valence-electron chi connectivity index (χ4n) is 2.32. The van der Waals surface area contributed by atoms with Crippen LogP contribution < -0.4 is 9.47 Å². The molecule has 0 radical (unpaired) electrons. The number of carbonyl (C=O) groups is 3. The molecule has 1 heterocycles. The monoisotopic (exact) mass is 399 g/mol. The van der Waals surface area contributed by atoms with E-state index in [0.29, 0.717) is 28.7 Å². The van der Waals surface area contributed by atoms with Gasteiger partial charge >= 0.3 is 5.97 Å². The van der Waals surface area contributed by atoms with Gasteiger partial charge in [-0.15, -0.1) is 0 Å². The van der Waals surface area contributed by atoms with Crippen LogP contribution in [-0.2, 0) is 14.3 Å². The van der Waals surface area contributed by atoms with Crippen LogP contribution in [0.3, 0.4) is 0 Å². The second-order valence-electron chi connectivity index (χ2n) is 5.21. The van der Waals surface area contributed by atoms with Gasteiger partial charge in [-0.3, -0.25) is 14.5 Å². The highest BCUT2D eigenvalue weighted by atomic mass is 35.5. The van der Waals surface area contributed by atoms with Gasteiger partial charge in [-0.2, -0.15) is 0 Å². The summed E-state index contributed by atoms with van der Waals surface area (Å²) in [5, 5.41) is -0.216. The predicted molar refractivity (Wildman–Crippen MR) is 98.5 cm³/mol. The largest absolute Gasteiger partial charge is 0.493 e. The summed E-state index contributed by atoms with van der Waals surface area (Å²) in [5.74, 6) is -0.327. The summed E-state index contributed by atoms with van der Waals surface area (Å²) in [6.07, 6.45) is 1.49. The lowest BCUT2D eigenvalue weighted by Gasteiger charge is -2.18. The second kappa shape index (κ2) is 8.46. The van der Waals surface area contributed by atoms with Crippen molar-refractivity contribution in [3.05, 3.63) is 27.6 Å². The molecule has 1 atom stereocenters. The van der Waals surface area contributed by atoms with Crippen molar-refractivity contribution in [2.24, 2.45) is 0 Å². The van der Waals surface area contributed by atoms with Crippen LogP contribution in [0.5, 0.6) is 11.5 Å². The molecule has 1 aromatic carbocycles. The topological polar surface area (TPSA) is 82.1 Å². The van der Waals surface area contributed by atoms with Gasteiger partial charge in [0.1, 0.15) is 6.04 Å². The first-order valence-corrected chi connectivity index (χ1v) is 8.88. The van der Waals surface area contributed by atoms with Crippen molar-refractivity contribution in [1.29, 1.82) is 0 Å². The standard InChI is InChI=1S/C17H18ClNO6S/c1-5-25-13-6-10(11(18)8-12(13)23-3)7-14-15(20)19(17(22)26-14)9(2)16(21)24-4/h6-9H,5H2,1-4H3/b14-7+/t9-/m1/s1. The molecule has 2 amide bonds. The van der Waals surface area contributed by atoms with E-state index in [4.69, 9.17) is 21.1 Å². The molecule has 26 heavy (non-hydrogen) atoms. The van der Waals surface area contributed by atoms with Crippen LogP contribution in [0.1, 0.15) is 19.4 Å². The first-order valence-electron chi connectivity index (χ1n) is 7.69. The maximum Gasteiger partial charge on any atom is 0.328 e. The number of methoxy groups -OCH3 is 2. The van der Waals surface area contributed by atoms with Gasteiger partial charge in [0.15, 0.2) is 11.5 Å². The molecule has 1 aliphatic heterocycles. The Balaban J connectivity index is 2.38. The molecule has 0 spiro atoms. The van der Waals surface area contributed by atoms with E-state index in [2.05, 4.69) is 4.74 Å². The van der Waals surface area contributed by atoms with Gasteiger partial charge in [-0.25, -0.2) is 4.79 Å². The Hall–Kier alpha value is -2.19. The third kappa shape index (κ3) is 3.96. The number of nitrogens with zero attached hydrogens (tertiary/aromatic N) is 1. The average Bonchev–Trinajstić information content (AvgIpc) is 2.89. The fraction of sp³-hybridized carbons (Fsp3) is 0.353. The quantitative estimate of drug-likeness (QED) is 0.535. The summed E-state index contributed by atoms with van der Waals surface area (Å²) in [4.78, 5) is 37.3. The fourth-order valence-corrected chi connectivity index (χ4v) is 3.43. The van der Waals surface area contributed by atoms with Crippen LogP contribution in [0.25, 0.3) is 6.08 Å². The van der Waals surface area contributed by atoms with Crippen molar-refractivity contribution in [3.63, 3.8) is 0 Å². The van der Waals surface area contributed by atoms with Gasteiger partial charge < -0.3 is 14.2 Å². The number of carbonyl (C=O) groups excluding carboxylic acids is 3. The van der Waals surface area contributed by atoms with E-state index in [1.807, 2.05) is 6.92 Å². The molecule has 7 nitrogen and oxygen atoms in total. The molecule has 0 N–H and O–H groups in total. The van der Waals surface area contributed by atoms with E-state index in [0.717, 1.165) is 16.7 Å². The molecule has 1 aromatic rings. The number of hydrogen-bond donors (Lipinski definition) is 0. The highest BCUT2D eigenvalue weighted by molar-refractivity contribution is 8.18. The number of halogens is 1. The minimum Gasteiger partial charge on any atom is -0.493 e. The van der Waals surface area contributed by atoms with Crippen LogP contribution >= 0.6 is 23.4 Å². The lowest BCUT2D eigenvalue weighted by atomic mass is 10.1. The zero-order valence-corrected chi connectivity index (χ0v) is 16.3. The Morgan fingerprint density at radius 3 is 2.58 bits per heavy atom. The lowest BCUT2D eigenvalue weighted by Crippen LogP contribution is -2.42. The summed E-state index contributed by atoms with van der Waals surface area (Å²) in [6.45, 7) is 3.68. The van der Waals surface area contributed by atoms with Gasteiger partial charge in [0, 0.05) is 6.07 Å². The SMILES string of the molecule is CCOc1cc(/C=C2/SC(=O)N([C@H](C)C(=O)OC)C2=O)c(Cl)cc1OC. The first-order chi connectivity index (χ1) is 12.3. The summed E-state index contributed by atoms with van der Waals surface area (Å²) in [5.41, 5.74) is 0.493. The maximum atomic E-state index is 12.5. The molecular weight excluding hydrogens is 382 g/mol. The van der Waals surface area contributed by atoms with E-state index in [9.17, 15) is 14.4 Å². The first kappa shape index (κ1) is 20.1. The summed E-state index contributed by atoms with van der Waals surface area (Å²) in [7, 11) is 2.69. The van der Waals surface area contributed by atoms with Crippen LogP contribution in [0.15, 0.2) is 17.0 Å². The highest BCUT2D eigenvalue weighted by Gasteiger charge is 2.41. The van der Waals surface area contributed by atoms with Crippen LogP contribution in [0.4, 0.5) is 4.79 Å². The van der Waals surface area contributed by atoms with Crippen LogP contribution in [0.2, 0.25) is 5.02 Å². The molecule has 9 heteroatoms. The molecule has 1 saturated heterocycles. The van der Waals surface area contributed by atoms with Gasteiger partial charge in [-0.1, -0.05) is 11.6 Å². The number of rotatable bonds is 6. The highest BCUT2D eigenvalue weighted by Crippen LogP contribution is 2.38.